The number of H-pyrrole nitrogens is 2. The highest BCUT2D eigenvalue weighted by atomic mass is 16.5. The molecule has 178 valence electrons. The van der Waals surface area contributed by atoms with E-state index in [4.69, 9.17) is 9.47 Å². The van der Waals surface area contributed by atoms with E-state index in [1.807, 2.05) is 39.8 Å². The van der Waals surface area contributed by atoms with Crippen LogP contribution in [0.15, 0.2) is 11.1 Å². The maximum atomic E-state index is 12.0. The second kappa shape index (κ2) is 11.7. The van der Waals surface area contributed by atoms with Crippen molar-refractivity contribution in [2.24, 2.45) is 0 Å². The minimum Gasteiger partial charge on any atom is -0.462 e. The van der Waals surface area contributed by atoms with Crippen molar-refractivity contribution >= 4 is 24.1 Å². The lowest BCUT2D eigenvalue weighted by molar-refractivity contribution is -0.138. The van der Waals surface area contributed by atoms with Gasteiger partial charge >= 0.3 is 11.9 Å². The summed E-state index contributed by atoms with van der Waals surface area (Å²) in [5.41, 5.74) is 7.33. The normalized spacial score (nSPS) is 11.6. The molecule has 0 atom stereocenters. The van der Waals surface area contributed by atoms with Gasteiger partial charge in [0.25, 0.3) is 0 Å². The van der Waals surface area contributed by atoms with E-state index in [1.165, 1.54) is 12.2 Å². The SMILES string of the molecule is CCOC(=O)C(C#N)=Cc1[nH]c(CCc2[nH]c(C=C(C#N)C(=O)OCC)c(C)c2C)c(C)c1C. The first-order chi connectivity index (χ1) is 16.2. The van der Waals surface area contributed by atoms with Gasteiger partial charge in [-0.1, -0.05) is 0 Å². The zero-order valence-electron chi connectivity index (χ0n) is 20.5. The lowest BCUT2D eigenvalue weighted by Crippen LogP contribution is -2.06. The summed E-state index contributed by atoms with van der Waals surface area (Å²) >= 11 is 0. The molecular formula is C26H30N4O4. The van der Waals surface area contributed by atoms with Crippen LogP contribution in [0.2, 0.25) is 0 Å². The summed E-state index contributed by atoms with van der Waals surface area (Å²) in [6.45, 7) is 11.7. The number of aromatic nitrogens is 2. The van der Waals surface area contributed by atoms with Crippen molar-refractivity contribution in [3.05, 3.63) is 56.2 Å². The van der Waals surface area contributed by atoms with Crippen molar-refractivity contribution in [2.75, 3.05) is 13.2 Å². The summed E-state index contributed by atoms with van der Waals surface area (Å²) in [5.74, 6) is -1.29. The van der Waals surface area contributed by atoms with E-state index >= 15 is 0 Å². The van der Waals surface area contributed by atoms with Crippen LogP contribution in [-0.2, 0) is 31.9 Å². The van der Waals surface area contributed by atoms with E-state index in [0.717, 1.165) is 33.6 Å². The molecule has 0 aliphatic carbocycles. The minimum absolute atomic E-state index is 0.0556. The first-order valence-corrected chi connectivity index (χ1v) is 11.1. The third-order valence-electron chi connectivity index (χ3n) is 5.84. The Morgan fingerprint density at radius 2 is 1.09 bits per heavy atom. The topological polar surface area (TPSA) is 132 Å². The second-order valence-electron chi connectivity index (χ2n) is 7.82. The van der Waals surface area contributed by atoms with Crippen LogP contribution in [0.1, 0.15) is 58.9 Å². The lowest BCUT2D eigenvalue weighted by atomic mass is 10.0. The molecule has 0 fully saturated rings. The molecule has 0 saturated heterocycles. The van der Waals surface area contributed by atoms with Gasteiger partial charge in [0.15, 0.2) is 0 Å². The molecule has 2 N–H and O–H groups in total. The molecule has 2 rings (SSSR count). The van der Waals surface area contributed by atoms with Crippen molar-refractivity contribution < 1.29 is 19.1 Å². The average molecular weight is 463 g/mol. The monoisotopic (exact) mass is 462 g/mol. The van der Waals surface area contributed by atoms with Gasteiger partial charge in [0.1, 0.15) is 23.3 Å². The lowest BCUT2D eigenvalue weighted by Gasteiger charge is -2.02. The molecule has 2 aromatic heterocycles. The number of aryl methyl sites for hydroxylation is 2. The number of carbonyl (C=O) groups is 2. The van der Waals surface area contributed by atoms with Gasteiger partial charge in [0, 0.05) is 22.8 Å². The number of hydrogen-bond acceptors (Lipinski definition) is 6. The number of nitriles is 2. The number of hydrogen-bond donors (Lipinski definition) is 2. The van der Waals surface area contributed by atoms with Gasteiger partial charge in [-0.15, -0.1) is 0 Å². The third-order valence-corrected chi connectivity index (χ3v) is 5.84. The van der Waals surface area contributed by atoms with Crippen molar-refractivity contribution in [3.8, 4) is 12.1 Å². The van der Waals surface area contributed by atoms with Crippen molar-refractivity contribution in [2.45, 2.75) is 54.4 Å². The Morgan fingerprint density at radius 3 is 1.38 bits per heavy atom. The number of nitrogens with zero attached hydrogens (tertiary/aromatic N) is 2. The van der Waals surface area contributed by atoms with E-state index in [0.29, 0.717) is 24.2 Å². The Labute approximate surface area is 199 Å². The summed E-state index contributed by atoms with van der Waals surface area (Å²) in [6, 6.07) is 3.80. The predicted molar refractivity (Wildman–Crippen MR) is 128 cm³/mol. The Bertz CT molecular complexity index is 1130. The zero-order chi connectivity index (χ0) is 25.4. The van der Waals surface area contributed by atoms with Crippen LogP contribution in [0.25, 0.3) is 12.2 Å². The zero-order valence-corrected chi connectivity index (χ0v) is 20.5. The largest absolute Gasteiger partial charge is 0.462 e. The number of carbonyl (C=O) groups excluding carboxylic acids is 2. The second-order valence-corrected chi connectivity index (χ2v) is 7.82. The third kappa shape index (κ3) is 5.85. The van der Waals surface area contributed by atoms with Gasteiger partial charge in [-0.25, -0.2) is 9.59 Å². The minimum atomic E-state index is -0.643. The molecular weight excluding hydrogens is 432 g/mol. The molecule has 0 bridgehead atoms. The highest BCUT2D eigenvalue weighted by Gasteiger charge is 2.17. The van der Waals surface area contributed by atoms with Crippen LogP contribution in [-0.4, -0.2) is 35.1 Å². The maximum Gasteiger partial charge on any atom is 0.348 e. The first kappa shape index (κ1) is 26.2. The Hall–Kier alpha value is -4.04. The molecule has 2 aromatic rings. The summed E-state index contributed by atoms with van der Waals surface area (Å²) < 4.78 is 9.88. The Kier molecular flexibility index (Phi) is 9.03. The van der Waals surface area contributed by atoms with E-state index in [2.05, 4.69) is 9.97 Å². The average Bonchev–Trinajstić information content (AvgIpc) is 3.24. The fourth-order valence-corrected chi connectivity index (χ4v) is 3.58. The molecule has 0 unspecified atom stereocenters. The molecule has 0 aromatic carbocycles. The van der Waals surface area contributed by atoms with Gasteiger partial charge in [0.2, 0.25) is 0 Å². The highest BCUT2D eigenvalue weighted by Crippen LogP contribution is 2.24. The van der Waals surface area contributed by atoms with Crippen LogP contribution in [0.5, 0.6) is 0 Å². The Balaban J connectivity index is 2.29. The Morgan fingerprint density at radius 1 is 0.735 bits per heavy atom. The molecule has 0 amide bonds. The molecule has 0 radical (unpaired) electrons. The van der Waals surface area contributed by atoms with Gasteiger partial charge in [0.05, 0.1) is 13.2 Å². The van der Waals surface area contributed by atoms with Crippen molar-refractivity contribution in [1.29, 1.82) is 10.5 Å². The summed E-state index contributed by atoms with van der Waals surface area (Å²) in [4.78, 5) is 30.6. The van der Waals surface area contributed by atoms with Crippen LogP contribution < -0.4 is 0 Å². The van der Waals surface area contributed by atoms with Crippen molar-refractivity contribution in [1.82, 2.24) is 9.97 Å². The molecule has 34 heavy (non-hydrogen) atoms. The van der Waals surface area contributed by atoms with E-state index in [9.17, 15) is 20.1 Å². The molecule has 0 spiro atoms. The van der Waals surface area contributed by atoms with E-state index in [1.54, 1.807) is 13.8 Å². The van der Waals surface area contributed by atoms with E-state index < -0.39 is 11.9 Å². The summed E-state index contributed by atoms with van der Waals surface area (Å²) in [6.07, 6.45) is 4.43. The number of aromatic amines is 2. The van der Waals surface area contributed by atoms with Crippen LogP contribution >= 0.6 is 0 Å². The van der Waals surface area contributed by atoms with Crippen LogP contribution in [0, 0.1) is 50.4 Å². The molecule has 8 nitrogen and oxygen atoms in total. The number of esters is 2. The standard InChI is InChI=1S/C26H30N4O4/c1-7-33-25(31)19(13-27)11-23-17(5)15(3)21(29-23)9-10-22-16(4)18(6)24(30-22)12-20(14-28)26(32)34-8-2/h11-12,29-30H,7-10H2,1-6H3. The highest BCUT2D eigenvalue weighted by molar-refractivity contribution is 5.98. The molecule has 8 heteroatoms. The maximum absolute atomic E-state index is 12.0. The number of rotatable bonds is 9. The van der Waals surface area contributed by atoms with Gasteiger partial charge < -0.3 is 19.4 Å². The smallest absolute Gasteiger partial charge is 0.348 e. The van der Waals surface area contributed by atoms with Crippen molar-refractivity contribution in [3.63, 3.8) is 0 Å². The summed E-state index contributed by atoms with van der Waals surface area (Å²) in [7, 11) is 0. The fraction of sp³-hybridized carbons (Fsp3) is 0.385. The molecule has 2 heterocycles. The molecule has 0 aliphatic rings. The molecule has 0 aliphatic heterocycles. The first-order valence-electron chi connectivity index (χ1n) is 11.1. The number of nitrogens with one attached hydrogen (secondary N) is 2. The quantitative estimate of drug-likeness (QED) is 0.324. The predicted octanol–water partition coefficient (Wildman–Crippen LogP) is 4.30. The van der Waals surface area contributed by atoms with Gasteiger partial charge in [-0.05, 0) is 88.8 Å². The van der Waals surface area contributed by atoms with Crippen LogP contribution in [0.3, 0.4) is 0 Å². The van der Waals surface area contributed by atoms with Gasteiger partial charge in [-0.3, -0.25) is 0 Å². The number of ether oxygens (including phenoxy) is 2. The van der Waals surface area contributed by atoms with E-state index in [-0.39, 0.29) is 24.4 Å². The molecule has 0 saturated carbocycles. The van der Waals surface area contributed by atoms with Crippen LogP contribution in [0.4, 0.5) is 0 Å². The fourth-order valence-electron chi connectivity index (χ4n) is 3.58. The van der Waals surface area contributed by atoms with Gasteiger partial charge in [-0.2, -0.15) is 10.5 Å². The summed E-state index contributed by atoms with van der Waals surface area (Å²) in [5, 5.41) is 18.6.